The minimum absolute atomic E-state index is 0.0396. The van der Waals surface area contributed by atoms with E-state index in [1.54, 1.807) is 6.92 Å². The average Bonchev–Trinajstić information content (AvgIpc) is 2.18. The molecule has 0 spiro atoms. The van der Waals surface area contributed by atoms with Gasteiger partial charge in [0.2, 0.25) is 0 Å². The number of carbonyl (C=O) groups is 1. The molecule has 0 unspecified atom stereocenters. The zero-order chi connectivity index (χ0) is 10.6. The third-order valence-corrected chi connectivity index (χ3v) is 2.70. The summed E-state index contributed by atoms with van der Waals surface area (Å²) in [6, 6.07) is 0. The van der Waals surface area contributed by atoms with Crippen LogP contribution in [0.3, 0.4) is 0 Å². The Labute approximate surface area is 84.8 Å². The molecule has 0 aromatic carbocycles. The lowest BCUT2D eigenvalue weighted by Crippen LogP contribution is -2.30. The topological polar surface area (TPSA) is 46.5 Å². The average molecular weight is 198 g/mol. The number of hydrogen-bond donors (Lipinski definition) is 1. The molecule has 3 heteroatoms. The molecule has 0 aromatic heterocycles. The third-order valence-electron chi connectivity index (χ3n) is 2.70. The van der Waals surface area contributed by atoms with Crippen molar-refractivity contribution in [1.29, 1.82) is 0 Å². The molecule has 80 valence electrons. The zero-order valence-corrected chi connectivity index (χ0v) is 8.82. The van der Waals surface area contributed by atoms with Gasteiger partial charge in [0.25, 0.3) is 0 Å². The van der Waals surface area contributed by atoms with E-state index in [4.69, 9.17) is 9.84 Å². The van der Waals surface area contributed by atoms with Crippen LogP contribution in [0.1, 0.15) is 26.7 Å². The van der Waals surface area contributed by atoms with Gasteiger partial charge in [-0.15, -0.1) is 0 Å². The molecule has 0 aliphatic heterocycles. The molecule has 0 heterocycles. The Morgan fingerprint density at radius 2 is 2.43 bits per heavy atom. The van der Waals surface area contributed by atoms with Gasteiger partial charge in [0.15, 0.2) is 0 Å². The first-order valence-corrected chi connectivity index (χ1v) is 5.12. The first-order chi connectivity index (χ1) is 6.69. The Hall–Kier alpha value is -0.830. The highest BCUT2D eigenvalue weighted by atomic mass is 16.5. The highest BCUT2D eigenvalue weighted by Gasteiger charge is 2.31. The van der Waals surface area contributed by atoms with Crippen LogP contribution in [-0.4, -0.2) is 24.3 Å². The number of rotatable bonds is 3. The molecule has 0 saturated heterocycles. The van der Waals surface area contributed by atoms with E-state index >= 15 is 0 Å². The molecule has 0 amide bonds. The predicted octanol–water partition coefficient (Wildman–Crippen LogP) is 1.51. The lowest BCUT2D eigenvalue weighted by Gasteiger charge is -2.27. The number of aliphatic hydroxyl groups is 1. The van der Waals surface area contributed by atoms with Crippen LogP contribution >= 0.6 is 0 Å². The largest absolute Gasteiger partial charge is 0.466 e. The first kappa shape index (κ1) is 11.2. The normalized spacial score (nSPS) is 26.9. The van der Waals surface area contributed by atoms with Crippen LogP contribution in [0, 0.1) is 11.8 Å². The van der Waals surface area contributed by atoms with E-state index in [0.29, 0.717) is 6.61 Å². The van der Waals surface area contributed by atoms with E-state index < -0.39 is 0 Å². The van der Waals surface area contributed by atoms with Crippen LogP contribution in [0.5, 0.6) is 0 Å². The summed E-state index contributed by atoms with van der Waals surface area (Å²) in [5.41, 5.74) is 1.22. The molecular weight excluding hydrogens is 180 g/mol. The van der Waals surface area contributed by atoms with Gasteiger partial charge in [-0.1, -0.05) is 11.6 Å². The van der Waals surface area contributed by atoms with Crippen molar-refractivity contribution in [1.82, 2.24) is 0 Å². The lowest BCUT2D eigenvalue weighted by atomic mass is 9.80. The van der Waals surface area contributed by atoms with E-state index in [2.05, 4.69) is 6.08 Å². The van der Waals surface area contributed by atoms with Crippen LogP contribution in [0.4, 0.5) is 0 Å². The molecule has 0 radical (unpaired) electrons. The van der Waals surface area contributed by atoms with Gasteiger partial charge in [0, 0.05) is 6.61 Å². The Morgan fingerprint density at radius 1 is 1.71 bits per heavy atom. The van der Waals surface area contributed by atoms with Gasteiger partial charge in [-0.2, -0.15) is 0 Å². The molecule has 1 aliphatic rings. The first-order valence-electron chi connectivity index (χ1n) is 5.12. The maximum atomic E-state index is 11.6. The van der Waals surface area contributed by atoms with Gasteiger partial charge in [0.1, 0.15) is 0 Å². The second-order valence-electron chi connectivity index (χ2n) is 3.79. The van der Waals surface area contributed by atoms with Crippen molar-refractivity contribution in [3.63, 3.8) is 0 Å². The number of ether oxygens (including phenoxy) is 1. The highest BCUT2D eigenvalue weighted by molar-refractivity contribution is 5.73. The van der Waals surface area contributed by atoms with Crippen molar-refractivity contribution in [2.24, 2.45) is 11.8 Å². The number of carbonyl (C=O) groups excluding carboxylic acids is 1. The molecule has 14 heavy (non-hydrogen) atoms. The Balaban J connectivity index is 2.64. The number of hydrogen-bond acceptors (Lipinski definition) is 3. The van der Waals surface area contributed by atoms with Crippen molar-refractivity contribution < 1.29 is 14.6 Å². The lowest BCUT2D eigenvalue weighted by molar-refractivity contribution is -0.150. The summed E-state index contributed by atoms with van der Waals surface area (Å²) in [5, 5.41) is 9.13. The summed E-state index contributed by atoms with van der Waals surface area (Å²) in [4.78, 5) is 11.6. The molecule has 2 atom stereocenters. The Bertz CT molecular complexity index is 233. The third kappa shape index (κ3) is 2.58. The summed E-state index contributed by atoms with van der Waals surface area (Å²) in [7, 11) is 0. The van der Waals surface area contributed by atoms with E-state index in [9.17, 15) is 4.79 Å². The molecule has 1 aliphatic carbocycles. The summed E-state index contributed by atoms with van der Waals surface area (Å²) in [5.74, 6) is -0.276. The fourth-order valence-electron chi connectivity index (χ4n) is 1.84. The fraction of sp³-hybridized carbons (Fsp3) is 0.727. The van der Waals surface area contributed by atoms with Crippen LogP contribution in [0.2, 0.25) is 0 Å². The monoisotopic (exact) mass is 198 g/mol. The molecule has 1 rings (SSSR count). The standard InChI is InChI=1S/C11H18O3/c1-3-14-11(13)10-6-8(2)4-5-9(10)7-12/h4,9-10,12H,3,5-7H2,1-2H3/t9-,10+/m1/s1. The van der Waals surface area contributed by atoms with Crippen molar-refractivity contribution >= 4 is 5.97 Å². The van der Waals surface area contributed by atoms with Crippen LogP contribution in [0.15, 0.2) is 11.6 Å². The van der Waals surface area contributed by atoms with Gasteiger partial charge >= 0.3 is 5.97 Å². The maximum Gasteiger partial charge on any atom is 0.309 e. The molecular formula is C11H18O3. The van der Waals surface area contributed by atoms with Crippen LogP contribution < -0.4 is 0 Å². The summed E-state index contributed by atoms with van der Waals surface area (Å²) < 4.78 is 4.98. The molecule has 0 aromatic rings. The second-order valence-corrected chi connectivity index (χ2v) is 3.79. The summed E-state index contributed by atoms with van der Waals surface area (Å²) in [6.07, 6.45) is 3.60. The van der Waals surface area contributed by atoms with E-state index in [-0.39, 0.29) is 24.4 Å². The van der Waals surface area contributed by atoms with Crippen molar-refractivity contribution in [3.8, 4) is 0 Å². The molecule has 3 nitrogen and oxygen atoms in total. The van der Waals surface area contributed by atoms with E-state index in [1.165, 1.54) is 5.57 Å². The molecule has 1 N–H and O–H groups in total. The van der Waals surface area contributed by atoms with Gasteiger partial charge in [-0.25, -0.2) is 0 Å². The van der Waals surface area contributed by atoms with Gasteiger partial charge in [-0.05, 0) is 32.6 Å². The molecule has 0 bridgehead atoms. The summed E-state index contributed by atoms with van der Waals surface area (Å²) in [6.45, 7) is 4.29. The minimum Gasteiger partial charge on any atom is -0.466 e. The van der Waals surface area contributed by atoms with Crippen molar-refractivity contribution in [2.45, 2.75) is 26.7 Å². The van der Waals surface area contributed by atoms with Gasteiger partial charge in [-0.3, -0.25) is 4.79 Å². The Kier molecular flexibility index (Phi) is 4.14. The van der Waals surface area contributed by atoms with E-state index in [0.717, 1.165) is 12.8 Å². The Morgan fingerprint density at radius 3 is 3.00 bits per heavy atom. The SMILES string of the molecule is CCOC(=O)[C@H]1CC(C)=CC[C@@H]1CO. The minimum atomic E-state index is -0.168. The van der Waals surface area contributed by atoms with E-state index in [1.807, 2.05) is 6.92 Å². The fourth-order valence-corrected chi connectivity index (χ4v) is 1.84. The predicted molar refractivity (Wildman–Crippen MR) is 53.7 cm³/mol. The van der Waals surface area contributed by atoms with Gasteiger partial charge in [0.05, 0.1) is 12.5 Å². The highest BCUT2D eigenvalue weighted by Crippen LogP contribution is 2.30. The zero-order valence-electron chi connectivity index (χ0n) is 8.82. The maximum absolute atomic E-state index is 11.6. The number of aliphatic hydroxyl groups excluding tert-OH is 1. The van der Waals surface area contributed by atoms with Crippen molar-refractivity contribution in [2.75, 3.05) is 13.2 Å². The van der Waals surface area contributed by atoms with Crippen LogP contribution in [0.25, 0.3) is 0 Å². The van der Waals surface area contributed by atoms with Gasteiger partial charge < -0.3 is 9.84 Å². The quantitative estimate of drug-likeness (QED) is 0.552. The summed E-state index contributed by atoms with van der Waals surface area (Å²) >= 11 is 0. The van der Waals surface area contributed by atoms with Crippen LogP contribution in [-0.2, 0) is 9.53 Å². The molecule has 0 saturated carbocycles. The smallest absolute Gasteiger partial charge is 0.309 e. The number of allylic oxidation sites excluding steroid dienone is 2. The second kappa shape index (κ2) is 5.15. The van der Waals surface area contributed by atoms with Crippen molar-refractivity contribution in [3.05, 3.63) is 11.6 Å². The number of esters is 1. The molecule has 0 fully saturated rings.